The fourth-order valence-corrected chi connectivity index (χ4v) is 3.03. The van der Waals surface area contributed by atoms with E-state index in [9.17, 15) is 5.26 Å². The Kier molecular flexibility index (Phi) is 3.16. The fourth-order valence-electron chi connectivity index (χ4n) is 2.84. The second-order valence-corrected chi connectivity index (χ2v) is 5.89. The molecule has 1 atom stereocenters. The number of hydrogen-bond acceptors (Lipinski definition) is 2. The molecule has 0 fully saturated rings. The first-order valence-electron chi connectivity index (χ1n) is 6.64. The van der Waals surface area contributed by atoms with Gasteiger partial charge in [-0.2, -0.15) is 5.26 Å². The summed E-state index contributed by atoms with van der Waals surface area (Å²) in [5.41, 5.74) is 3.98. The number of nitrogens with zero attached hydrogens (tertiary/aromatic N) is 1. The minimum absolute atomic E-state index is 0.569. The number of aryl methyl sites for hydroxylation is 1. The Hall–Kier alpha value is -1.98. The third-order valence-electron chi connectivity index (χ3n) is 3.77. The Morgan fingerprint density at radius 3 is 2.70 bits per heavy atom. The van der Waals surface area contributed by atoms with E-state index in [0.29, 0.717) is 12.8 Å². The Balaban J connectivity index is 1.90. The number of anilines is 1. The van der Waals surface area contributed by atoms with Crippen LogP contribution in [-0.4, -0.2) is 5.54 Å². The van der Waals surface area contributed by atoms with E-state index in [1.165, 1.54) is 16.7 Å². The lowest BCUT2D eigenvalue weighted by Gasteiger charge is -2.23. The van der Waals surface area contributed by atoms with Crippen LogP contribution in [0, 0.1) is 18.3 Å². The first kappa shape index (κ1) is 13.0. The molecule has 100 valence electrons. The summed E-state index contributed by atoms with van der Waals surface area (Å²) >= 11 is 6.04. The third kappa shape index (κ3) is 2.37. The van der Waals surface area contributed by atoms with E-state index in [4.69, 9.17) is 11.6 Å². The molecule has 1 unspecified atom stereocenters. The van der Waals surface area contributed by atoms with E-state index in [2.05, 4.69) is 17.5 Å². The van der Waals surface area contributed by atoms with Gasteiger partial charge in [-0.05, 0) is 47.9 Å². The highest BCUT2D eigenvalue weighted by atomic mass is 35.5. The van der Waals surface area contributed by atoms with Gasteiger partial charge in [-0.3, -0.25) is 0 Å². The summed E-state index contributed by atoms with van der Waals surface area (Å²) < 4.78 is 0. The zero-order valence-corrected chi connectivity index (χ0v) is 12.0. The van der Waals surface area contributed by atoms with E-state index in [1.54, 1.807) is 0 Å². The van der Waals surface area contributed by atoms with Gasteiger partial charge >= 0.3 is 0 Å². The molecule has 0 radical (unpaired) electrons. The molecule has 2 aromatic carbocycles. The van der Waals surface area contributed by atoms with Crippen molar-refractivity contribution >= 4 is 17.3 Å². The summed E-state index contributed by atoms with van der Waals surface area (Å²) in [4.78, 5) is 0. The maximum absolute atomic E-state index is 9.64. The van der Waals surface area contributed by atoms with Crippen molar-refractivity contribution in [2.24, 2.45) is 0 Å². The standard InChI is InChI=1S/C17H15ClN2/c1-12-3-2-4-16(7-12)20-17(11-19)9-13-5-6-15(18)8-14(13)10-17/h2-8,20H,9-10H2,1H3. The largest absolute Gasteiger partial charge is 0.367 e. The monoisotopic (exact) mass is 282 g/mol. The Morgan fingerprint density at radius 2 is 1.95 bits per heavy atom. The Morgan fingerprint density at radius 1 is 1.15 bits per heavy atom. The lowest BCUT2D eigenvalue weighted by Crippen LogP contribution is -2.37. The summed E-state index contributed by atoms with van der Waals surface area (Å²) in [5.74, 6) is 0. The molecule has 0 amide bonds. The summed E-state index contributed by atoms with van der Waals surface area (Å²) in [6.07, 6.45) is 1.40. The fraction of sp³-hybridized carbons (Fsp3) is 0.235. The smallest absolute Gasteiger partial charge is 0.133 e. The number of nitriles is 1. The number of hydrogen-bond donors (Lipinski definition) is 1. The SMILES string of the molecule is Cc1cccc(NC2(C#N)Cc3ccc(Cl)cc3C2)c1. The normalized spacial score (nSPS) is 20.2. The van der Waals surface area contributed by atoms with Crippen LogP contribution < -0.4 is 5.32 Å². The predicted molar refractivity (Wildman–Crippen MR) is 82.0 cm³/mol. The number of rotatable bonds is 2. The predicted octanol–water partition coefficient (Wildman–Crippen LogP) is 4.12. The van der Waals surface area contributed by atoms with Gasteiger partial charge < -0.3 is 5.32 Å². The van der Waals surface area contributed by atoms with E-state index < -0.39 is 5.54 Å². The summed E-state index contributed by atoms with van der Waals surface area (Å²) in [7, 11) is 0. The van der Waals surface area contributed by atoms with Crippen molar-refractivity contribution in [2.75, 3.05) is 5.32 Å². The molecule has 0 spiro atoms. The van der Waals surface area contributed by atoms with Crippen molar-refractivity contribution in [1.29, 1.82) is 5.26 Å². The summed E-state index contributed by atoms with van der Waals surface area (Å²) in [6.45, 7) is 2.05. The van der Waals surface area contributed by atoms with Gasteiger partial charge in [-0.1, -0.05) is 29.8 Å². The zero-order valence-electron chi connectivity index (χ0n) is 11.3. The van der Waals surface area contributed by atoms with Crippen LogP contribution in [0.2, 0.25) is 5.02 Å². The molecular formula is C17H15ClN2. The molecule has 1 aliphatic rings. The van der Waals surface area contributed by atoms with Crippen molar-refractivity contribution in [2.45, 2.75) is 25.3 Å². The molecule has 20 heavy (non-hydrogen) atoms. The van der Waals surface area contributed by atoms with Gasteiger partial charge in [0.15, 0.2) is 0 Å². The van der Waals surface area contributed by atoms with Gasteiger partial charge in [0.25, 0.3) is 0 Å². The molecule has 0 aliphatic heterocycles. The highest BCUT2D eigenvalue weighted by molar-refractivity contribution is 6.30. The molecule has 3 rings (SSSR count). The van der Waals surface area contributed by atoms with E-state index in [1.807, 2.05) is 43.3 Å². The molecule has 3 heteroatoms. The van der Waals surface area contributed by atoms with Crippen LogP contribution in [0.5, 0.6) is 0 Å². The van der Waals surface area contributed by atoms with Crippen LogP contribution in [0.1, 0.15) is 16.7 Å². The minimum Gasteiger partial charge on any atom is -0.367 e. The lowest BCUT2D eigenvalue weighted by molar-refractivity contribution is 0.628. The van der Waals surface area contributed by atoms with Crippen LogP contribution in [-0.2, 0) is 12.8 Å². The molecule has 0 saturated carbocycles. The number of fused-ring (bicyclic) bond motifs is 1. The van der Waals surface area contributed by atoms with Crippen LogP contribution in [0.15, 0.2) is 42.5 Å². The van der Waals surface area contributed by atoms with E-state index in [0.717, 1.165) is 10.7 Å². The van der Waals surface area contributed by atoms with E-state index in [-0.39, 0.29) is 0 Å². The summed E-state index contributed by atoms with van der Waals surface area (Å²) in [5, 5.41) is 13.8. The maximum Gasteiger partial charge on any atom is 0.133 e. The minimum atomic E-state index is -0.569. The summed E-state index contributed by atoms with van der Waals surface area (Å²) in [6, 6.07) is 16.5. The topological polar surface area (TPSA) is 35.8 Å². The average molecular weight is 283 g/mol. The van der Waals surface area contributed by atoms with Crippen molar-refractivity contribution in [3.05, 3.63) is 64.2 Å². The third-order valence-corrected chi connectivity index (χ3v) is 4.00. The average Bonchev–Trinajstić information content (AvgIpc) is 2.76. The van der Waals surface area contributed by atoms with Crippen molar-refractivity contribution in [3.63, 3.8) is 0 Å². The van der Waals surface area contributed by atoms with Gasteiger partial charge in [0.2, 0.25) is 0 Å². The second-order valence-electron chi connectivity index (χ2n) is 5.45. The highest BCUT2D eigenvalue weighted by Crippen LogP contribution is 2.34. The number of halogens is 1. The van der Waals surface area contributed by atoms with Gasteiger partial charge in [-0.15, -0.1) is 0 Å². The van der Waals surface area contributed by atoms with Crippen molar-refractivity contribution < 1.29 is 0 Å². The molecule has 1 N–H and O–H groups in total. The second kappa shape index (κ2) is 4.85. The maximum atomic E-state index is 9.64. The van der Waals surface area contributed by atoms with Crippen molar-refractivity contribution in [1.82, 2.24) is 0 Å². The lowest BCUT2D eigenvalue weighted by atomic mass is 9.97. The Labute approximate surface area is 124 Å². The number of nitrogens with one attached hydrogen (secondary N) is 1. The molecule has 0 aromatic heterocycles. The first-order chi connectivity index (χ1) is 9.60. The first-order valence-corrected chi connectivity index (χ1v) is 7.01. The van der Waals surface area contributed by atoms with Crippen LogP contribution >= 0.6 is 11.6 Å². The van der Waals surface area contributed by atoms with Crippen LogP contribution in [0.3, 0.4) is 0 Å². The molecule has 0 saturated heterocycles. The highest BCUT2D eigenvalue weighted by Gasteiger charge is 2.37. The van der Waals surface area contributed by atoms with Crippen LogP contribution in [0.4, 0.5) is 5.69 Å². The molecule has 0 heterocycles. The van der Waals surface area contributed by atoms with Gasteiger partial charge in [0.1, 0.15) is 5.54 Å². The molecular weight excluding hydrogens is 268 g/mol. The molecule has 0 bridgehead atoms. The quantitative estimate of drug-likeness (QED) is 0.899. The number of benzene rings is 2. The molecule has 1 aliphatic carbocycles. The van der Waals surface area contributed by atoms with E-state index >= 15 is 0 Å². The van der Waals surface area contributed by atoms with Crippen LogP contribution in [0.25, 0.3) is 0 Å². The molecule has 2 aromatic rings. The van der Waals surface area contributed by atoms with Crippen molar-refractivity contribution in [3.8, 4) is 6.07 Å². The Bertz CT molecular complexity index is 702. The van der Waals surface area contributed by atoms with Gasteiger partial charge in [0, 0.05) is 23.6 Å². The molecule has 2 nitrogen and oxygen atoms in total. The zero-order chi connectivity index (χ0) is 14.2. The van der Waals surface area contributed by atoms with Gasteiger partial charge in [0.05, 0.1) is 6.07 Å². The van der Waals surface area contributed by atoms with Gasteiger partial charge in [-0.25, -0.2) is 0 Å².